The number of nitrogens with zero attached hydrogens (tertiary/aromatic N) is 9. The van der Waals surface area contributed by atoms with Gasteiger partial charge in [0.15, 0.2) is 6.23 Å². The normalized spacial score (nSPS) is 23.7. The van der Waals surface area contributed by atoms with E-state index in [0.717, 1.165) is 21.7 Å². The Kier molecular flexibility index (Phi) is 7.64. The molecule has 17 nitrogen and oxygen atoms in total. The molecule has 1 aliphatic rings. The number of primary sulfonamides is 1. The molecule has 5 atom stereocenters. The van der Waals surface area contributed by atoms with Gasteiger partial charge in [-0.3, -0.25) is 0 Å². The summed E-state index contributed by atoms with van der Waals surface area (Å²) in [6.07, 6.45) is -3.89. The summed E-state index contributed by atoms with van der Waals surface area (Å²) in [7, 11) is -4.08. The highest BCUT2D eigenvalue weighted by Crippen LogP contribution is 2.29. The van der Waals surface area contributed by atoms with Crippen molar-refractivity contribution in [2.75, 3.05) is 11.5 Å². The maximum atomic E-state index is 11.8. The van der Waals surface area contributed by atoms with Crippen LogP contribution in [0.3, 0.4) is 0 Å². The second-order valence-electron chi connectivity index (χ2n) is 8.65. The van der Waals surface area contributed by atoms with Crippen molar-refractivity contribution in [1.82, 2.24) is 40.2 Å². The molecule has 6 N–H and O–H groups in total. The third-order valence-electron chi connectivity index (χ3n) is 5.86. The smallest absolute Gasteiger partial charge is 0.267 e. The highest BCUT2D eigenvalue weighted by Gasteiger charge is 2.44. The van der Waals surface area contributed by atoms with Gasteiger partial charge in [0.1, 0.15) is 35.8 Å². The number of ether oxygens (including phenoxy) is 1. The van der Waals surface area contributed by atoms with E-state index >= 15 is 0 Å². The number of hydrogen-bond donors (Lipinski definition) is 5. The van der Waals surface area contributed by atoms with E-state index in [1.807, 2.05) is 30.3 Å². The third-order valence-corrected chi connectivity index (χ3v) is 8.16. The Bertz CT molecular complexity index is 1510. The van der Waals surface area contributed by atoms with E-state index in [1.54, 1.807) is 15.8 Å². The molecule has 1 aliphatic heterocycles. The minimum atomic E-state index is -4.08. The molecule has 208 valence electrons. The molecule has 0 unspecified atom stereocenters. The van der Waals surface area contributed by atoms with Crippen LogP contribution in [0, 0.1) is 0 Å². The number of rotatable bonds is 9. The summed E-state index contributed by atoms with van der Waals surface area (Å²) >= 11 is 0.756. The zero-order valence-electron chi connectivity index (χ0n) is 20.0. The van der Waals surface area contributed by atoms with Gasteiger partial charge in [-0.25, -0.2) is 22.9 Å². The molecule has 0 radical (unpaired) electrons. The molecule has 1 aromatic carbocycles. The molecule has 0 saturated carbocycles. The van der Waals surface area contributed by atoms with Gasteiger partial charge in [0, 0.05) is 0 Å². The van der Waals surface area contributed by atoms with Crippen molar-refractivity contribution in [1.29, 1.82) is 0 Å². The maximum Gasteiger partial charge on any atom is 0.267 e. The van der Waals surface area contributed by atoms with E-state index in [1.165, 1.54) is 6.20 Å². The second-order valence-corrected chi connectivity index (χ2v) is 11.3. The minimum Gasteiger partial charge on any atom is -0.394 e. The molecule has 0 bridgehead atoms. The van der Waals surface area contributed by atoms with Gasteiger partial charge < -0.3 is 30.1 Å². The minimum absolute atomic E-state index is 0.0366. The topological polar surface area (TPSA) is 241 Å². The lowest BCUT2D eigenvalue weighted by atomic mass is 9.98. The van der Waals surface area contributed by atoms with Crippen LogP contribution in [0.15, 0.2) is 47.1 Å². The van der Waals surface area contributed by atoms with Gasteiger partial charge in [0.25, 0.3) is 10.0 Å². The van der Waals surface area contributed by atoms with Gasteiger partial charge in [0.05, 0.1) is 37.8 Å². The fourth-order valence-corrected chi connectivity index (χ4v) is 5.34. The third kappa shape index (κ3) is 5.79. The van der Waals surface area contributed by atoms with Crippen LogP contribution in [-0.2, 0) is 27.8 Å². The van der Waals surface area contributed by atoms with Crippen molar-refractivity contribution in [2.24, 2.45) is 5.14 Å². The fraction of sp³-hybridized carbons (Fsp3) is 0.400. The van der Waals surface area contributed by atoms with E-state index < -0.39 is 47.3 Å². The molecule has 0 spiro atoms. The van der Waals surface area contributed by atoms with E-state index in [4.69, 9.17) is 9.88 Å². The Morgan fingerprint density at radius 1 is 0.949 bits per heavy atom. The van der Waals surface area contributed by atoms with Crippen molar-refractivity contribution in [3.05, 3.63) is 54.1 Å². The number of aliphatic hydroxyl groups is 4. The van der Waals surface area contributed by atoms with Crippen LogP contribution in [0.5, 0.6) is 0 Å². The van der Waals surface area contributed by atoms with Crippen molar-refractivity contribution in [3.8, 4) is 5.69 Å². The lowest BCUT2D eigenvalue weighted by Crippen LogP contribution is -2.56. The first kappa shape index (κ1) is 27.1. The van der Waals surface area contributed by atoms with Gasteiger partial charge in [0.2, 0.25) is 9.47 Å². The van der Waals surface area contributed by atoms with Gasteiger partial charge in [-0.2, -0.15) is 0 Å². The Balaban J connectivity index is 1.40. The van der Waals surface area contributed by atoms with Crippen molar-refractivity contribution < 1.29 is 33.6 Å². The standard InChI is InChI=1S/C20H24N10O7S2/c21-39(35,36)20-25-24-19(38-20)28(6-11-8-29(26-22-11)13-4-2-1-3-5-13)7-12-9-30(27-23-12)18-17(34)16(33)15(32)14(10-31)37-18/h1-5,8-9,14-18,31-34H,6-7,10H2,(H2,21,35,36)/t14-,15-,16+,17-,18-/m1/s1. The summed E-state index contributed by atoms with van der Waals surface area (Å²) in [5, 5.41) is 69.4. The Labute approximate surface area is 224 Å². The quantitative estimate of drug-likeness (QED) is 0.138. The van der Waals surface area contributed by atoms with Crippen molar-refractivity contribution >= 4 is 26.5 Å². The van der Waals surface area contributed by atoms with Crippen LogP contribution < -0.4 is 10.0 Å². The first-order chi connectivity index (χ1) is 18.6. The molecule has 3 aromatic heterocycles. The molecule has 1 saturated heterocycles. The lowest BCUT2D eigenvalue weighted by Gasteiger charge is -2.39. The van der Waals surface area contributed by atoms with Crippen molar-refractivity contribution in [3.63, 3.8) is 0 Å². The second kappa shape index (κ2) is 11.0. The van der Waals surface area contributed by atoms with Gasteiger partial charge in [-0.05, 0) is 12.1 Å². The fourth-order valence-electron chi connectivity index (χ4n) is 3.92. The molecular formula is C20H24N10O7S2. The number of aliphatic hydroxyl groups excluding tert-OH is 4. The molecule has 4 aromatic rings. The van der Waals surface area contributed by atoms with Crippen LogP contribution in [-0.4, -0.2) is 100 Å². The molecular weight excluding hydrogens is 556 g/mol. The van der Waals surface area contributed by atoms with Gasteiger partial charge in [-0.1, -0.05) is 40.0 Å². The molecule has 0 amide bonds. The summed E-state index contributed by atoms with van der Waals surface area (Å²) in [5.74, 6) is 0. The average Bonchev–Trinajstić information content (AvgIpc) is 3.69. The molecule has 39 heavy (non-hydrogen) atoms. The van der Waals surface area contributed by atoms with E-state index in [9.17, 15) is 28.8 Å². The number of aromatic nitrogens is 8. The summed E-state index contributed by atoms with van der Waals surface area (Å²) in [5.41, 5.74) is 1.65. The van der Waals surface area contributed by atoms with Crippen LogP contribution in [0.2, 0.25) is 0 Å². The van der Waals surface area contributed by atoms with Crippen molar-refractivity contribution in [2.45, 2.75) is 48.1 Å². The number of nitrogens with two attached hydrogens (primary N) is 1. The molecule has 1 fully saturated rings. The Hall–Kier alpha value is -3.43. The van der Waals surface area contributed by atoms with Crippen LogP contribution in [0.25, 0.3) is 5.69 Å². The number of benzene rings is 1. The largest absolute Gasteiger partial charge is 0.394 e. The number of para-hydroxylation sites is 1. The van der Waals surface area contributed by atoms with Crippen LogP contribution >= 0.6 is 11.3 Å². The van der Waals surface area contributed by atoms with E-state index in [0.29, 0.717) is 11.4 Å². The summed E-state index contributed by atoms with van der Waals surface area (Å²) < 4.78 is 31.4. The first-order valence-corrected chi connectivity index (χ1v) is 13.8. The zero-order valence-corrected chi connectivity index (χ0v) is 21.6. The van der Waals surface area contributed by atoms with E-state index in [2.05, 4.69) is 30.8 Å². The predicted molar refractivity (Wildman–Crippen MR) is 132 cm³/mol. The SMILES string of the molecule is NS(=O)(=O)c1nnc(N(Cc2cn(-c3ccccc3)nn2)Cc2cn([C@@H]3O[C@H](CO)[C@@H](O)[C@H](O)[C@H]3O)nn2)s1. The number of hydrogen-bond acceptors (Lipinski definition) is 15. The zero-order chi connectivity index (χ0) is 27.7. The summed E-state index contributed by atoms with van der Waals surface area (Å²) in [6, 6.07) is 9.31. The first-order valence-electron chi connectivity index (χ1n) is 11.4. The van der Waals surface area contributed by atoms with E-state index in [-0.39, 0.29) is 22.6 Å². The maximum absolute atomic E-state index is 11.8. The predicted octanol–water partition coefficient (Wildman–Crippen LogP) is -2.46. The monoisotopic (exact) mass is 580 g/mol. The lowest BCUT2D eigenvalue weighted by molar-refractivity contribution is -0.254. The highest BCUT2D eigenvalue weighted by molar-refractivity contribution is 7.91. The Morgan fingerprint density at radius 2 is 1.64 bits per heavy atom. The van der Waals surface area contributed by atoms with Crippen LogP contribution in [0.4, 0.5) is 5.13 Å². The molecule has 4 heterocycles. The molecule has 0 aliphatic carbocycles. The number of sulfonamides is 1. The highest BCUT2D eigenvalue weighted by atomic mass is 32.2. The molecule has 19 heteroatoms. The molecule has 5 rings (SSSR count). The average molecular weight is 581 g/mol. The summed E-state index contributed by atoms with van der Waals surface area (Å²) in [6.45, 7) is -0.433. The Morgan fingerprint density at radius 3 is 2.31 bits per heavy atom. The summed E-state index contributed by atoms with van der Waals surface area (Å²) in [4.78, 5) is 1.63. The number of anilines is 1. The van der Waals surface area contributed by atoms with Gasteiger partial charge in [-0.15, -0.1) is 20.4 Å². The van der Waals surface area contributed by atoms with Gasteiger partial charge >= 0.3 is 0 Å². The van der Waals surface area contributed by atoms with Crippen LogP contribution in [0.1, 0.15) is 17.6 Å².